The number of hydrogen-bond donors (Lipinski definition) is 1. The van der Waals surface area contributed by atoms with Gasteiger partial charge in [-0.3, -0.25) is 4.90 Å². The van der Waals surface area contributed by atoms with E-state index in [1.54, 1.807) is 13.2 Å². The topological polar surface area (TPSA) is 110 Å². The van der Waals surface area contributed by atoms with Crippen LogP contribution in [0.3, 0.4) is 0 Å². The quantitative estimate of drug-likeness (QED) is 0.504. The van der Waals surface area contributed by atoms with Gasteiger partial charge in [0.25, 0.3) is 0 Å². The Kier molecular flexibility index (Phi) is 8.38. The lowest BCUT2D eigenvalue weighted by Crippen LogP contribution is -2.46. The molecule has 8 nitrogen and oxygen atoms in total. The van der Waals surface area contributed by atoms with E-state index in [9.17, 15) is 16.8 Å². The van der Waals surface area contributed by atoms with Crippen molar-refractivity contribution in [1.82, 2.24) is 4.90 Å². The first kappa shape index (κ1) is 25.5. The van der Waals surface area contributed by atoms with Crippen LogP contribution in [0.4, 0.5) is 5.69 Å². The van der Waals surface area contributed by atoms with E-state index < -0.39 is 19.9 Å². The second kappa shape index (κ2) is 10.9. The number of piperazine rings is 1. The molecule has 0 atom stereocenters. The first-order valence-electron chi connectivity index (χ1n) is 11.1. The average molecular weight is 496 g/mol. The van der Waals surface area contributed by atoms with Gasteiger partial charge in [-0.2, -0.15) is 0 Å². The van der Waals surface area contributed by atoms with Crippen LogP contribution in [0, 0.1) is 0 Å². The van der Waals surface area contributed by atoms with Crippen LogP contribution in [0.15, 0.2) is 52.3 Å². The van der Waals surface area contributed by atoms with E-state index in [1.165, 1.54) is 12.1 Å². The zero-order valence-corrected chi connectivity index (χ0v) is 20.9. The third-order valence-electron chi connectivity index (χ3n) is 5.95. The van der Waals surface area contributed by atoms with Gasteiger partial charge in [-0.1, -0.05) is 24.6 Å². The molecule has 0 amide bonds. The Hall–Kier alpha value is -2.14. The van der Waals surface area contributed by atoms with Crippen molar-refractivity contribution >= 4 is 25.5 Å². The van der Waals surface area contributed by atoms with Crippen molar-refractivity contribution in [2.75, 3.05) is 51.0 Å². The number of nitrogens with two attached hydrogens (primary N) is 1. The summed E-state index contributed by atoms with van der Waals surface area (Å²) in [5, 5.41) is 5.24. The summed E-state index contributed by atoms with van der Waals surface area (Å²) < 4.78 is 52.9. The molecule has 1 fully saturated rings. The van der Waals surface area contributed by atoms with E-state index in [-0.39, 0.29) is 9.79 Å². The lowest BCUT2D eigenvalue weighted by molar-refractivity contribution is 0.251. The van der Waals surface area contributed by atoms with Crippen molar-refractivity contribution in [2.45, 2.75) is 35.5 Å². The lowest BCUT2D eigenvalue weighted by atomic mass is 10.1. The summed E-state index contributed by atoms with van der Waals surface area (Å²) in [6.07, 6.45) is 4.60. The molecule has 1 saturated heterocycles. The molecule has 0 radical (unpaired) electrons. The van der Waals surface area contributed by atoms with Crippen molar-refractivity contribution in [1.29, 1.82) is 0 Å². The number of anilines is 1. The summed E-state index contributed by atoms with van der Waals surface area (Å²) in [6, 6.07) is 12.5. The molecule has 10 heteroatoms. The van der Waals surface area contributed by atoms with Crippen LogP contribution in [0.5, 0.6) is 5.75 Å². The first-order valence-corrected chi connectivity index (χ1v) is 14.5. The largest absolute Gasteiger partial charge is 0.495 e. The number of para-hydroxylation sites is 2. The van der Waals surface area contributed by atoms with Crippen molar-refractivity contribution in [3.63, 3.8) is 0 Å². The highest BCUT2D eigenvalue weighted by molar-refractivity contribution is 7.93. The molecule has 2 aromatic rings. The van der Waals surface area contributed by atoms with Gasteiger partial charge in [0, 0.05) is 32.4 Å². The molecule has 0 aromatic heterocycles. The monoisotopic (exact) mass is 495 g/mol. The Morgan fingerprint density at radius 1 is 0.909 bits per heavy atom. The Morgan fingerprint density at radius 3 is 2.24 bits per heavy atom. The third-order valence-corrected chi connectivity index (χ3v) is 8.19. The number of methoxy groups -OCH3 is 1. The fourth-order valence-corrected chi connectivity index (χ4v) is 6.39. The number of nitrogens with zero attached hydrogens (tertiary/aromatic N) is 2. The maximum absolute atomic E-state index is 11.9. The first-order chi connectivity index (χ1) is 15.6. The maximum atomic E-state index is 11.9. The number of hydrogen-bond acceptors (Lipinski definition) is 7. The minimum Gasteiger partial charge on any atom is -0.495 e. The molecule has 0 aliphatic carbocycles. The van der Waals surface area contributed by atoms with Crippen LogP contribution >= 0.6 is 0 Å². The van der Waals surface area contributed by atoms with Gasteiger partial charge in [0.05, 0.1) is 17.7 Å². The predicted octanol–water partition coefficient (Wildman–Crippen LogP) is 2.28. The van der Waals surface area contributed by atoms with Gasteiger partial charge in [0.1, 0.15) is 10.6 Å². The van der Waals surface area contributed by atoms with Crippen molar-refractivity contribution < 1.29 is 21.6 Å². The molecule has 0 spiro atoms. The maximum Gasteiger partial charge on any atom is 0.239 e. The molecule has 0 bridgehead atoms. The SMILES string of the molecule is COc1ccccc1N1CCN(CCCCCc2ccc(S(C)(=O)=O)c(S(N)(=O)=O)c2)CC1. The fourth-order valence-electron chi connectivity index (χ4n) is 4.18. The summed E-state index contributed by atoms with van der Waals surface area (Å²) in [4.78, 5) is 4.25. The predicted molar refractivity (Wildman–Crippen MR) is 130 cm³/mol. The zero-order valence-electron chi connectivity index (χ0n) is 19.2. The van der Waals surface area contributed by atoms with Crippen LogP contribution in [-0.4, -0.2) is 67.8 Å². The second-order valence-corrected chi connectivity index (χ2v) is 11.9. The minimum absolute atomic E-state index is 0.249. The molecule has 182 valence electrons. The highest BCUT2D eigenvalue weighted by atomic mass is 32.2. The van der Waals surface area contributed by atoms with Crippen LogP contribution in [0.25, 0.3) is 0 Å². The van der Waals surface area contributed by atoms with Gasteiger partial charge in [0.15, 0.2) is 9.84 Å². The molecule has 1 aliphatic rings. The number of sulfone groups is 1. The summed E-state index contributed by atoms with van der Waals surface area (Å²) in [5.41, 5.74) is 1.91. The van der Waals surface area contributed by atoms with Gasteiger partial charge in [-0.05, 0) is 55.6 Å². The highest BCUT2D eigenvalue weighted by Crippen LogP contribution is 2.28. The molecule has 1 aliphatic heterocycles. The number of benzene rings is 2. The molecular weight excluding hydrogens is 462 g/mol. The van der Waals surface area contributed by atoms with E-state index in [4.69, 9.17) is 9.88 Å². The summed E-state index contributed by atoms with van der Waals surface area (Å²) >= 11 is 0. The second-order valence-electron chi connectivity index (χ2n) is 8.41. The van der Waals surface area contributed by atoms with Crippen LogP contribution in [-0.2, 0) is 26.3 Å². The minimum atomic E-state index is -4.12. The Balaban J connectivity index is 1.44. The summed E-state index contributed by atoms with van der Waals surface area (Å²) in [7, 11) is -6.09. The van der Waals surface area contributed by atoms with Crippen LogP contribution in [0.1, 0.15) is 24.8 Å². The Bertz CT molecular complexity index is 1160. The van der Waals surface area contributed by atoms with Crippen molar-refractivity contribution in [2.24, 2.45) is 5.14 Å². The van der Waals surface area contributed by atoms with E-state index in [0.717, 1.165) is 75.2 Å². The number of unbranched alkanes of at least 4 members (excludes halogenated alkanes) is 2. The molecule has 33 heavy (non-hydrogen) atoms. The van der Waals surface area contributed by atoms with Gasteiger partial charge in [0.2, 0.25) is 10.0 Å². The Morgan fingerprint density at radius 2 is 1.61 bits per heavy atom. The van der Waals surface area contributed by atoms with E-state index in [1.807, 2.05) is 18.2 Å². The zero-order chi connectivity index (χ0) is 24.1. The molecule has 0 saturated carbocycles. The smallest absolute Gasteiger partial charge is 0.239 e. The summed E-state index contributed by atoms with van der Waals surface area (Å²) in [5.74, 6) is 0.904. The molecule has 3 rings (SSSR count). The molecular formula is C23H33N3O5S2. The van der Waals surface area contributed by atoms with E-state index in [0.29, 0.717) is 6.42 Å². The van der Waals surface area contributed by atoms with E-state index in [2.05, 4.69) is 15.9 Å². The van der Waals surface area contributed by atoms with Crippen molar-refractivity contribution in [3.05, 3.63) is 48.0 Å². The molecule has 0 unspecified atom stereocenters. The third kappa shape index (κ3) is 6.92. The molecule has 2 aromatic carbocycles. The van der Waals surface area contributed by atoms with E-state index >= 15 is 0 Å². The van der Waals surface area contributed by atoms with Gasteiger partial charge in [-0.25, -0.2) is 22.0 Å². The summed E-state index contributed by atoms with van der Waals surface area (Å²) in [6.45, 7) is 4.95. The highest BCUT2D eigenvalue weighted by Gasteiger charge is 2.22. The van der Waals surface area contributed by atoms with Gasteiger partial charge < -0.3 is 9.64 Å². The average Bonchev–Trinajstić information content (AvgIpc) is 2.78. The number of aryl methyl sites for hydroxylation is 1. The van der Waals surface area contributed by atoms with Gasteiger partial charge >= 0.3 is 0 Å². The van der Waals surface area contributed by atoms with Crippen molar-refractivity contribution in [3.8, 4) is 5.75 Å². The number of ether oxygens (including phenoxy) is 1. The fraction of sp³-hybridized carbons (Fsp3) is 0.478. The number of primary sulfonamides is 1. The van der Waals surface area contributed by atoms with Crippen LogP contribution in [0.2, 0.25) is 0 Å². The Labute approximate surface area is 197 Å². The van der Waals surface area contributed by atoms with Gasteiger partial charge in [-0.15, -0.1) is 0 Å². The number of rotatable bonds is 10. The standard InChI is InChI=1S/C23H33N3O5S2/c1-31-21-10-6-5-9-20(21)26-16-14-25(15-17-26)13-7-3-4-8-19-11-12-22(32(2,27)28)23(18-19)33(24,29)30/h5-6,9-12,18H,3-4,7-8,13-17H2,1-2H3,(H2,24,29,30). The molecule has 1 heterocycles. The normalized spacial score (nSPS) is 15.5. The van der Waals surface area contributed by atoms with Crippen LogP contribution < -0.4 is 14.8 Å². The molecule has 2 N–H and O–H groups in total. The lowest BCUT2D eigenvalue weighted by Gasteiger charge is -2.36. The number of sulfonamides is 1.